The van der Waals surface area contributed by atoms with Gasteiger partial charge in [-0.25, -0.2) is 0 Å². The smallest absolute Gasteiger partial charge is 0.187 e. The highest BCUT2D eigenvalue weighted by Gasteiger charge is 2.07. The van der Waals surface area contributed by atoms with Gasteiger partial charge in [0.25, 0.3) is 0 Å². The van der Waals surface area contributed by atoms with Crippen molar-refractivity contribution in [3.05, 3.63) is 47.2 Å². The predicted molar refractivity (Wildman–Crippen MR) is 81.9 cm³/mol. The Morgan fingerprint density at radius 3 is 2.55 bits per heavy atom. The van der Waals surface area contributed by atoms with Gasteiger partial charge in [0.1, 0.15) is 0 Å². The molecule has 0 aliphatic heterocycles. The minimum absolute atomic E-state index is 0.0618. The SMILES string of the molecule is CCCCCCCC(=CC(=O)c1ccccc1C)NO. The number of carbonyl (C=O) groups is 1. The number of unbranched alkanes of at least 4 members (excludes halogenated alkanes) is 4. The Morgan fingerprint density at radius 2 is 1.90 bits per heavy atom. The maximum Gasteiger partial charge on any atom is 0.187 e. The molecule has 3 nitrogen and oxygen atoms in total. The maximum atomic E-state index is 12.1. The minimum Gasteiger partial charge on any atom is -0.291 e. The Hall–Kier alpha value is -1.61. The first-order valence-corrected chi connectivity index (χ1v) is 7.39. The second-order valence-electron chi connectivity index (χ2n) is 5.12. The minimum atomic E-state index is -0.0618. The topological polar surface area (TPSA) is 49.3 Å². The second-order valence-corrected chi connectivity index (χ2v) is 5.12. The first-order chi connectivity index (χ1) is 9.69. The Labute approximate surface area is 121 Å². The summed E-state index contributed by atoms with van der Waals surface area (Å²) in [5.74, 6) is -0.0618. The van der Waals surface area contributed by atoms with Gasteiger partial charge in [-0.2, -0.15) is 0 Å². The van der Waals surface area contributed by atoms with Gasteiger partial charge in [-0.1, -0.05) is 56.9 Å². The van der Waals surface area contributed by atoms with Crippen molar-refractivity contribution in [1.29, 1.82) is 0 Å². The fraction of sp³-hybridized carbons (Fsp3) is 0.471. The number of nitrogens with one attached hydrogen (secondary N) is 1. The molecule has 0 aromatic heterocycles. The van der Waals surface area contributed by atoms with Gasteiger partial charge in [-0.3, -0.25) is 15.5 Å². The number of carbonyl (C=O) groups excluding carboxylic acids is 1. The van der Waals surface area contributed by atoms with Crippen molar-refractivity contribution in [2.45, 2.75) is 52.4 Å². The molecule has 0 unspecified atom stereocenters. The van der Waals surface area contributed by atoms with E-state index in [4.69, 9.17) is 5.21 Å². The molecule has 2 N–H and O–H groups in total. The van der Waals surface area contributed by atoms with Crippen LogP contribution in [-0.2, 0) is 0 Å². The molecule has 3 heteroatoms. The molecule has 1 aromatic rings. The van der Waals surface area contributed by atoms with E-state index >= 15 is 0 Å². The highest BCUT2D eigenvalue weighted by molar-refractivity contribution is 6.05. The van der Waals surface area contributed by atoms with Crippen molar-refractivity contribution in [2.75, 3.05) is 0 Å². The summed E-state index contributed by atoms with van der Waals surface area (Å²) in [5, 5.41) is 9.12. The molecule has 1 rings (SSSR count). The number of benzene rings is 1. The highest BCUT2D eigenvalue weighted by atomic mass is 16.5. The molecule has 0 spiro atoms. The number of rotatable bonds is 9. The third kappa shape index (κ3) is 5.57. The van der Waals surface area contributed by atoms with Crippen molar-refractivity contribution in [2.24, 2.45) is 0 Å². The van der Waals surface area contributed by atoms with E-state index in [9.17, 15) is 4.79 Å². The van der Waals surface area contributed by atoms with Gasteiger partial charge < -0.3 is 0 Å². The van der Waals surface area contributed by atoms with Gasteiger partial charge >= 0.3 is 0 Å². The van der Waals surface area contributed by atoms with Gasteiger partial charge in [0.2, 0.25) is 0 Å². The summed E-state index contributed by atoms with van der Waals surface area (Å²) >= 11 is 0. The predicted octanol–water partition coefficient (Wildman–Crippen LogP) is 4.40. The molecular formula is C17H25NO2. The Morgan fingerprint density at radius 1 is 1.20 bits per heavy atom. The van der Waals surface area contributed by atoms with E-state index in [0.717, 1.165) is 18.4 Å². The third-order valence-corrected chi connectivity index (χ3v) is 3.41. The molecule has 0 bridgehead atoms. The zero-order valence-corrected chi connectivity index (χ0v) is 12.5. The molecule has 0 fully saturated rings. The number of allylic oxidation sites excluding steroid dienone is 2. The van der Waals surface area contributed by atoms with Crippen LogP contribution in [0.25, 0.3) is 0 Å². The second kappa shape index (κ2) is 9.32. The van der Waals surface area contributed by atoms with Crippen LogP contribution in [0.3, 0.4) is 0 Å². The van der Waals surface area contributed by atoms with Crippen LogP contribution in [0.5, 0.6) is 0 Å². The first kappa shape index (κ1) is 16.4. The fourth-order valence-electron chi connectivity index (χ4n) is 2.16. The van der Waals surface area contributed by atoms with E-state index in [1.807, 2.05) is 31.2 Å². The lowest BCUT2D eigenvalue weighted by Gasteiger charge is -2.06. The average Bonchev–Trinajstić information content (AvgIpc) is 2.46. The lowest BCUT2D eigenvalue weighted by Crippen LogP contribution is -2.10. The lowest BCUT2D eigenvalue weighted by molar-refractivity contribution is 0.104. The number of hydrogen-bond acceptors (Lipinski definition) is 3. The Bertz CT molecular complexity index is 452. The molecular weight excluding hydrogens is 250 g/mol. The summed E-state index contributed by atoms with van der Waals surface area (Å²) in [5.41, 5.74) is 4.38. The monoisotopic (exact) mass is 275 g/mol. The summed E-state index contributed by atoms with van der Waals surface area (Å²) in [7, 11) is 0. The summed E-state index contributed by atoms with van der Waals surface area (Å²) in [6.07, 6.45) is 7.99. The lowest BCUT2D eigenvalue weighted by atomic mass is 10.0. The molecule has 0 amide bonds. The van der Waals surface area contributed by atoms with Gasteiger partial charge in [-0.05, 0) is 25.3 Å². The van der Waals surface area contributed by atoms with Crippen molar-refractivity contribution < 1.29 is 10.0 Å². The van der Waals surface area contributed by atoms with Gasteiger partial charge in [0, 0.05) is 17.3 Å². The zero-order chi connectivity index (χ0) is 14.8. The Balaban J connectivity index is 2.56. The number of hydroxylamine groups is 1. The Kier molecular flexibility index (Phi) is 7.66. The third-order valence-electron chi connectivity index (χ3n) is 3.41. The van der Waals surface area contributed by atoms with Crippen LogP contribution in [0, 0.1) is 6.92 Å². The molecule has 0 saturated heterocycles. The van der Waals surface area contributed by atoms with Crippen molar-refractivity contribution in [3.63, 3.8) is 0 Å². The number of hydrogen-bond donors (Lipinski definition) is 2. The molecule has 0 heterocycles. The van der Waals surface area contributed by atoms with E-state index in [1.54, 1.807) is 0 Å². The van der Waals surface area contributed by atoms with Crippen molar-refractivity contribution in [3.8, 4) is 0 Å². The summed E-state index contributed by atoms with van der Waals surface area (Å²) < 4.78 is 0. The number of aryl methyl sites for hydroxylation is 1. The van der Waals surface area contributed by atoms with Crippen LogP contribution in [0.1, 0.15) is 61.4 Å². The molecule has 0 aliphatic rings. The zero-order valence-electron chi connectivity index (χ0n) is 12.5. The van der Waals surface area contributed by atoms with Crippen LogP contribution >= 0.6 is 0 Å². The molecule has 1 aromatic carbocycles. The summed E-state index contributed by atoms with van der Waals surface area (Å²) in [6.45, 7) is 4.10. The highest BCUT2D eigenvalue weighted by Crippen LogP contribution is 2.12. The first-order valence-electron chi connectivity index (χ1n) is 7.39. The van der Waals surface area contributed by atoms with Gasteiger partial charge in [-0.15, -0.1) is 0 Å². The molecule has 0 atom stereocenters. The molecule has 0 aliphatic carbocycles. The van der Waals surface area contributed by atoms with Gasteiger partial charge in [0.15, 0.2) is 5.78 Å². The van der Waals surface area contributed by atoms with E-state index in [-0.39, 0.29) is 5.78 Å². The van der Waals surface area contributed by atoms with Crippen molar-refractivity contribution >= 4 is 5.78 Å². The molecule has 0 saturated carbocycles. The van der Waals surface area contributed by atoms with Crippen LogP contribution in [0.15, 0.2) is 36.0 Å². The van der Waals surface area contributed by atoms with Crippen LogP contribution < -0.4 is 5.48 Å². The van der Waals surface area contributed by atoms with Crippen LogP contribution in [0.2, 0.25) is 0 Å². The normalized spacial score (nSPS) is 11.4. The summed E-state index contributed by atoms with van der Waals surface area (Å²) in [4.78, 5) is 12.1. The van der Waals surface area contributed by atoms with Crippen LogP contribution in [-0.4, -0.2) is 11.0 Å². The van der Waals surface area contributed by atoms with E-state index in [2.05, 4.69) is 12.4 Å². The summed E-state index contributed by atoms with van der Waals surface area (Å²) in [6, 6.07) is 7.49. The quantitative estimate of drug-likeness (QED) is 0.304. The van der Waals surface area contributed by atoms with E-state index < -0.39 is 0 Å². The molecule has 20 heavy (non-hydrogen) atoms. The maximum absolute atomic E-state index is 12.1. The largest absolute Gasteiger partial charge is 0.291 e. The number of ketones is 1. The fourth-order valence-corrected chi connectivity index (χ4v) is 2.16. The molecule has 0 radical (unpaired) electrons. The van der Waals surface area contributed by atoms with Crippen molar-refractivity contribution in [1.82, 2.24) is 5.48 Å². The molecule has 110 valence electrons. The van der Waals surface area contributed by atoms with Gasteiger partial charge in [0.05, 0.1) is 0 Å². The standard InChI is InChI=1S/C17H25NO2/c1-3-4-5-6-7-11-15(18-20)13-17(19)16-12-9-8-10-14(16)2/h8-10,12-13,18,20H,3-7,11H2,1-2H3. The average molecular weight is 275 g/mol. The van der Waals surface area contributed by atoms with E-state index in [1.165, 1.54) is 25.3 Å². The van der Waals surface area contributed by atoms with E-state index in [0.29, 0.717) is 17.7 Å². The van der Waals surface area contributed by atoms with Crippen LogP contribution in [0.4, 0.5) is 0 Å².